The number of nitrogens with one attached hydrogen (secondary N) is 1. The summed E-state index contributed by atoms with van der Waals surface area (Å²) in [6.07, 6.45) is 3.04. The number of nitriles is 1. The molecule has 0 atom stereocenters. The van der Waals surface area contributed by atoms with Gasteiger partial charge in [-0.1, -0.05) is 46.3 Å². The van der Waals surface area contributed by atoms with E-state index in [2.05, 4.69) is 21.2 Å². The van der Waals surface area contributed by atoms with E-state index in [1.807, 2.05) is 36.4 Å². The van der Waals surface area contributed by atoms with Crippen LogP contribution in [0.1, 0.15) is 24.5 Å². The number of carbonyl (C=O) groups excluding carboxylic acids is 2. The summed E-state index contributed by atoms with van der Waals surface area (Å²) in [6.45, 7) is 2.17. The number of nitrogens with zero attached hydrogens (tertiary/aromatic N) is 1. The molecule has 156 valence electrons. The average Bonchev–Trinajstić information content (AvgIpc) is 2.75. The fourth-order valence-corrected chi connectivity index (χ4v) is 3.02. The van der Waals surface area contributed by atoms with E-state index in [1.165, 1.54) is 11.6 Å². The molecule has 2 rings (SSSR count). The molecule has 0 aromatic heterocycles. The predicted molar refractivity (Wildman–Crippen MR) is 118 cm³/mol. The highest BCUT2D eigenvalue weighted by Gasteiger charge is 2.12. The van der Waals surface area contributed by atoms with Crippen molar-refractivity contribution in [1.29, 1.82) is 5.26 Å². The molecule has 0 heterocycles. The number of ether oxygens (including phenoxy) is 2. The lowest BCUT2D eigenvalue weighted by Crippen LogP contribution is -2.25. The van der Waals surface area contributed by atoms with Gasteiger partial charge >= 0.3 is 5.97 Å². The number of esters is 1. The third-order valence-corrected chi connectivity index (χ3v) is 4.55. The van der Waals surface area contributed by atoms with E-state index >= 15 is 0 Å². The monoisotopic (exact) mass is 470 g/mol. The van der Waals surface area contributed by atoms with E-state index < -0.39 is 11.9 Å². The van der Waals surface area contributed by atoms with Gasteiger partial charge in [-0.2, -0.15) is 5.26 Å². The number of carbonyl (C=O) groups is 2. The van der Waals surface area contributed by atoms with E-state index in [-0.39, 0.29) is 18.8 Å². The molecule has 0 spiro atoms. The van der Waals surface area contributed by atoms with Crippen molar-refractivity contribution in [2.45, 2.75) is 19.8 Å². The standard InChI is InChI=1S/C23H23BrN2O4/c1-2-29-22(27)16-30-21-11-10-20(24)14-18(21)13-19(15-25)23(28)26-12-6-9-17-7-4-3-5-8-17/h3-5,7-8,10-11,13-14H,2,6,9,12,16H2,1H3,(H,26,28)/b19-13-. The zero-order chi connectivity index (χ0) is 21.8. The Morgan fingerprint density at radius 2 is 1.97 bits per heavy atom. The van der Waals surface area contributed by atoms with E-state index in [4.69, 9.17) is 9.47 Å². The Morgan fingerprint density at radius 1 is 1.20 bits per heavy atom. The number of amides is 1. The summed E-state index contributed by atoms with van der Waals surface area (Å²) in [6, 6.07) is 17.0. The zero-order valence-corrected chi connectivity index (χ0v) is 18.3. The van der Waals surface area contributed by atoms with Crippen LogP contribution in [0.25, 0.3) is 6.08 Å². The van der Waals surface area contributed by atoms with Gasteiger partial charge in [-0.25, -0.2) is 4.79 Å². The molecule has 2 aromatic carbocycles. The van der Waals surface area contributed by atoms with Crippen LogP contribution in [0, 0.1) is 11.3 Å². The summed E-state index contributed by atoms with van der Waals surface area (Å²) in [7, 11) is 0. The van der Waals surface area contributed by atoms with Crippen molar-refractivity contribution in [2.75, 3.05) is 19.8 Å². The first-order valence-corrected chi connectivity index (χ1v) is 10.3. The second-order valence-corrected chi connectivity index (χ2v) is 7.21. The molecule has 0 bridgehead atoms. The van der Waals surface area contributed by atoms with Crippen LogP contribution in [0.5, 0.6) is 5.75 Å². The van der Waals surface area contributed by atoms with Crippen molar-refractivity contribution >= 4 is 33.9 Å². The van der Waals surface area contributed by atoms with Gasteiger partial charge in [-0.15, -0.1) is 0 Å². The highest BCUT2D eigenvalue weighted by molar-refractivity contribution is 9.10. The molecule has 0 aliphatic rings. The fraction of sp³-hybridized carbons (Fsp3) is 0.261. The van der Waals surface area contributed by atoms with Crippen molar-refractivity contribution < 1.29 is 19.1 Å². The van der Waals surface area contributed by atoms with Crippen LogP contribution in [0.3, 0.4) is 0 Å². The van der Waals surface area contributed by atoms with Crippen molar-refractivity contribution in [3.63, 3.8) is 0 Å². The molecule has 30 heavy (non-hydrogen) atoms. The zero-order valence-electron chi connectivity index (χ0n) is 16.7. The van der Waals surface area contributed by atoms with E-state index in [9.17, 15) is 14.9 Å². The SMILES string of the molecule is CCOC(=O)COc1ccc(Br)cc1/C=C(/C#N)C(=O)NCCCc1ccccc1. The number of benzene rings is 2. The van der Waals surface area contributed by atoms with E-state index in [1.54, 1.807) is 25.1 Å². The van der Waals surface area contributed by atoms with Crippen molar-refractivity contribution in [2.24, 2.45) is 0 Å². The van der Waals surface area contributed by atoms with Gasteiger partial charge in [-0.05, 0) is 49.6 Å². The lowest BCUT2D eigenvalue weighted by Gasteiger charge is -2.10. The molecule has 1 N–H and O–H groups in total. The predicted octanol–water partition coefficient (Wildman–Crippen LogP) is 4.05. The summed E-state index contributed by atoms with van der Waals surface area (Å²) in [5.41, 5.74) is 1.65. The molecule has 1 amide bonds. The van der Waals surface area contributed by atoms with Gasteiger partial charge in [0.15, 0.2) is 6.61 Å². The molecular formula is C23H23BrN2O4. The molecule has 2 aromatic rings. The topological polar surface area (TPSA) is 88.4 Å². The highest BCUT2D eigenvalue weighted by atomic mass is 79.9. The maximum atomic E-state index is 12.4. The van der Waals surface area contributed by atoms with Gasteiger partial charge in [0.25, 0.3) is 5.91 Å². The average molecular weight is 471 g/mol. The Hall–Kier alpha value is -3.11. The maximum Gasteiger partial charge on any atom is 0.344 e. The van der Waals surface area contributed by atoms with Gasteiger partial charge in [-0.3, -0.25) is 4.79 Å². The Kier molecular flexibility index (Phi) is 9.62. The number of hydrogen-bond donors (Lipinski definition) is 1. The highest BCUT2D eigenvalue weighted by Crippen LogP contribution is 2.25. The van der Waals surface area contributed by atoms with E-state index in [0.717, 1.165) is 17.3 Å². The second-order valence-electron chi connectivity index (χ2n) is 6.29. The molecule has 7 heteroatoms. The third-order valence-electron chi connectivity index (χ3n) is 4.06. The number of hydrogen-bond acceptors (Lipinski definition) is 5. The maximum absolute atomic E-state index is 12.4. The Balaban J connectivity index is 2.01. The molecule has 0 saturated heterocycles. The number of halogens is 1. The minimum absolute atomic E-state index is 0.0474. The van der Waals surface area contributed by atoms with Crippen LogP contribution < -0.4 is 10.1 Å². The first-order valence-electron chi connectivity index (χ1n) is 9.55. The van der Waals surface area contributed by atoms with Crippen molar-refractivity contribution in [1.82, 2.24) is 5.32 Å². The van der Waals surface area contributed by atoms with Crippen molar-refractivity contribution in [3.05, 3.63) is 69.7 Å². The van der Waals surface area contributed by atoms with Gasteiger partial charge < -0.3 is 14.8 Å². The smallest absolute Gasteiger partial charge is 0.344 e. The first-order chi connectivity index (χ1) is 14.5. The number of rotatable bonds is 10. The summed E-state index contributed by atoms with van der Waals surface area (Å²) in [4.78, 5) is 24.0. The summed E-state index contributed by atoms with van der Waals surface area (Å²) in [5, 5.41) is 12.2. The first kappa shape index (κ1) is 23.2. The fourth-order valence-electron chi connectivity index (χ4n) is 2.64. The van der Waals surface area contributed by atoms with Crippen LogP contribution in [-0.4, -0.2) is 31.6 Å². The van der Waals surface area contributed by atoms with E-state index in [0.29, 0.717) is 17.9 Å². The molecule has 0 aliphatic carbocycles. The van der Waals surface area contributed by atoms with Crippen LogP contribution in [0.15, 0.2) is 58.6 Å². The molecule has 0 aliphatic heterocycles. The minimum atomic E-state index is -0.494. The Labute approximate surface area is 184 Å². The minimum Gasteiger partial charge on any atom is -0.481 e. The lowest BCUT2D eigenvalue weighted by atomic mass is 10.1. The molecule has 0 fully saturated rings. The second kappa shape index (κ2) is 12.5. The molecular weight excluding hydrogens is 448 g/mol. The normalized spacial score (nSPS) is 10.8. The molecule has 0 radical (unpaired) electrons. The summed E-state index contributed by atoms with van der Waals surface area (Å²) < 4.78 is 11.1. The van der Waals surface area contributed by atoms with Gasteiger partial charge in [0.05, 0.1) is 6.61 Å². The molecule has 6 nitrogen and oxygen atoms in total. The van der Waals surface area contributed by atoms with Crippen LogP contribution >= 0.6 is 15.9 Å². The Morgan fingerprint density at radius 3 is 2.67 bits per heavy atom. The van der Waals surface area contributed by atoms with Gasteiger partial charge in [0, 0.05) is 16.6 Å². The third kappa shape index (κ3) is 7.72. The lowest BCUT2D eigenvalue weighted by molar-refractivity contribution is -0.145. The summed E-state index contributed by atoms with van der Waals surface area (Å²) in [5.74, 6) is -0.579. The quantitative estimate of drug-likeness (QED) is 0.245. The van der Waals surface area contributed by atoms with Gasteiger partial charge in [0.1, 0.15) is 17.4 Å². The largest absolute Gasteiger partial charge is 0.481 e. The summed E-state index contributed by atoms with van der Waals surface area (Å²) >= 11 is 3.36. The van der Waals surface area contributed by atoms with Crippen LogP contribution in [-0.2, 0) is 20.7 Å². The van der Waals surface area contributed by atoms with Crippen LogP contribution in [0.4, 0.5) is 0 Å². The Bertz CT molecular complexity index is 936. The molecule has 0 unspecified atom stereocenters. The number of aryl methyl sites for hydroxylation is 1. The van der Waals surface area contributed by atoms with Crippen molar-refractivity contribution in [3.8, 4) is 11.8 Å². The van der Waals surface area contributed by atoms with Crippen LogP contribution in [0.2, 0.25) is 0 Å². The van der Waals surface area contributed by atoms with Gasteiger partial charge in [0.2, 0.25) is 0 Å². The molecule has 0 saturated carbocycles.